The Kier molecular flexibility index (Phi) is 4.52. The number of carbonyl (C=O) groups excluding carboxylic acids is 2. The third-order valence-electron chi connectivity index (χ3n) is 4.12. The molecule has 1 aromatic carbocycles. The van der Waals surface area contributed by atoms with Gasteiger partial charge >= 0.3 is 0 Å². The number of ketones is 1. The number of hydrogen-bond acceptors (Lipinski definition) is 4. The van der Waals surface area contributed by atoms with Crippen LogP contribution >= 0.6 is 0 Å². The first-order chi connectivity index (χ1) is 11.1. The summed E-state index contributed by atoms with van der Waals surface area (Å²) in [4.78, 5) is 24.3. The molecule has 1 aromatic heterocycles. The highest BCUT2D eigenvalue weighted by molar-refractivity contribution is 6.42. The Labute approximate surface area is 134 Å². The van der Waals surface area contributed by atoms with Crippen molar-refractivity contribution in [2.75, 3.05) is 0 Å². The third-order valence-corrected chi connectivity index (χ3v) is 4.12. The van der Waals surface area contributed by atoms with Crippen LogP contribution in [-0.4, -0.2) is 38.7 Å². The zero-order valence-corrected chi connectivity index (χ0v) is 12.7. The number of rotatable bonds is 4. The maximum absolute atomic E-state index is 12.2. The molecule has 23 heavy (non-hydrogen) atoms. The molecule has 0 bridgehead atoms. The molecule has 3 rings (SSSR count). The first-order valence-corrected chi connectivity index (χ1v) is 7.78. The summed E-state index contributed by atoms with van der Waals surface area (Å²) in [6.45, 7) is 0. The predicted molar refractivity (Wildman–Crippen MR) is 84.3 cm³/mol. The Balaban J connectivity index is 1.68. The lowest BCUT2D eigenvalue weighted by Gasteiger charge is -2.27. The molecule has 6 heteroatoms. The fourth-order valence-corrected chi connectivity index (χ4v) is 2.81. The number of nitrogens with one attached hydrogen (secondary N) is 1. The second-order valence-electron chi connectivity index (χ2n) is 5.77. The summed E-state index contributed by atoms with van der Waals surface area (Å²) in [5, 5.41) is 16.6. The average Bonchev–Trinajstić information content (AvgIpc) is 3.07. The molecule has 0 saturated heterocycles. The quantitative estimate of drug-likeness (QED) is 0.661. The number of Topliss-reactive ketones (excluding diaryl/α,β-unsaturated/α-hetero) is 1. The number of carbonyl (C=O) groups is 2. The van der Waals surface area contributed by atoms with Crippen molar-refractivity contribution in [1.29, 1.82) is 0 Å². The van der Waals surface area contributed by atoms with Crippen LogP contribution in [0.1, 0.15) is 36.0 Å². The van der Waals surface area contributed by atoms with E-state index < -0.39 is 17.8 Å². The van der Waals surface area contributed by atoms with Crippen LogP contribution in [0, 0.1) is 0 Å². The van der Waals surface area contributed by atoms with Gasteiger partial charge in [0.2, 0.25) is 0 Å². The number of aliphatic hydroxyl groups is 1. The van der Waals surface area contributed by atoms with Crippen molar-refractivity contribution in [3.8, 4) is 5.69 Å². The smallest absolute Gasteiger partial charge is 0.292 e. The Bertz CT molecular complexity index is 696. The molecule has 0 spiro atoms. The minimum atomic E-state index is -0.691. The predicted octanol–water partition coefficient (Wildman–Crippen LogP) is 1.47. The Hall–Kier alpha value is -2.47. The molecular formula is C17H19N3O3. The second kappa shape index (κ2) is 6.75. The third kappa shape index (κ3) is 3.48. The van der Waals surface area contributed by atoms with Crippen LogP contribution in [0.25, 0.3) is 5.69 Å². The van der Waals surface area contributed by atoms with Crippen molar-refractivity contribution in [1.82, 2.24) is 15.1 Å². The van der Waals surface area contributed by atoms with Gasteiger partial charge in [0.05, 0.1) is 29.6 Å². The highest BCUT2D eigenvalue weighted by atomic mass is 16.3. The molecule has 1 heterocycles. The molecule has 1 aliphatic carbocycles. The number of aliphatic hydroxyl groups excluding tert-OH is 1. The van der Waals surface area contributed by atoms with E-state index in [1.54, 1.807) is 4.68 Å². The van der Waals surface area contributed by atoms with Crippen molar-refractivity contribution < 1.29 is 14.7 Å². The van der Waals surface area contributed by atoms with E-state index in [1.165, 1.54) is 12.4 Å². The Morgan fingerprint density at radius 1 is 1.17 bits per heavy atom. The van der Waals surface area contributed by atoms with Crippen LogP contribution in [0.15, 0.2) is 42.7 Å². The molecule has 120 valence electrons. The molecular weight excluding hydrogens is 294 g/mol. The zero-order chi connectivity index (χ0) is 16.2. The summed E-state index contributed by atoms with van der Waals surface area (Å²) in [5.74, 6) is -1.33. The van der Waals surface area contributed by atoms with Crippen LogP contribution in [-0.2, 0) is 4.79 Å². The topological polar surface area (TPSA) is 84.2 Å². The largest absolute Gasteiger partial charge is 0.391 e. The molecule has 0 aliphatic heterocycles. The molecule has 1 amide bonds. The van der Waals surface area contributed by atoms with Gasteiger partial charge in [-0.05, 0) is 25.0 Å². The fourth-order valence-electron chi connectivity index (χ4n) is 2.81. The maximum atomic E-state index is 12.2. The lowest BCUT2D eigenvalue weighted by Crippen LogP contribution is -2.47. The van der Waals surface area contributed by atoms with Crippen LogP contribution in [0.4, 0.5) is 0 Å². The SMILES string of the molecule is O=C(NC1CCCCC1O)C(=O)c1cnn(-c2ccccc2)c1. The molecule has 2 atom stereocenters. The summed E-state index contributed by atoms with van der Waals surface area (Å²) in [7, 11) is 0. The first kappa shape index (κ1) is 15.4. The van der Waals surface area contributed by atoms with Gasteiger partial charge in [-0.15, -0.1) is 0 Å². The summed E-state index contributed by atoms with van der Waals surface area (Å²) in [5.41, 5.74) is 1.05. The Morgan fingerprint density at radius 3 is 2.65 bits per heavy atom. The van der Waals surface area contributed by atoms with Crippen molar-refractivity contribution in [3.05, 3.63) is 48.3 Å². The van der Waals surface area contributed by atoms with E-state index in [2.05, 4.69) is 10.4 Å². The van der Waals surface area contributed by atoms with Crippen molar-refractivity contribution >= 4 is 11.7 Å². The number of amides is 1. The fraction of sp³-hybridized carbons (Fsp3) is 0.353. The van der Waals surface area contributed by atoms with Gasteiger partial charge in [0.25, 0.3) is 11.7 Å². The van der Waals surface area contributed by atoms with Crippen molar-refractivity contribution in [2.24, 2.45) is 0 Å². The van der Waals surface area contributed by atoms with Crippen LogP contribution < -0.4 is 5.32 Å². The van der Waals surface area contributed by atoms with E-state index in [0.29, 0.717) is 12.8 Å². The van der Waals surface area contributed by atoms with Gasteiger partial charge < -0.3 is 10.4 Å². The van der Waals surface area contributed by atoms with Gasteiger partial charge in [0.15, 0.2) is 0 Å². The van der Waals surface area contributed by atoms with E-state index in [-0.39, 0.29) is 11.6 Å². The van der Waals surface area contributed by atoms with E-state index in [4.69, 9.17) is 0 Å². The standard InChI is InChI=1S/C17H19N3O3/c21-15-9-5-4-8-14(15)19-17(23)16(22)12-10-18-20(11-12)13-6-2-1-3-7-13/h1-3,6-7,10-11,14-15,21H,4-5,8-9H2,(H,19,23). The summed E-state index contributed by atoms with van der Waals surface area (Å²) in [6.07, 6.45) is 5.59. The molecule has 1 aliphatic rings. The minimum Gasteiger partial charge on any atom is -0.391 e. The minimum absolute atomic E-state index is 0.233. The highest BCUT2D eigenvalue weighted by Crippen LogP contribution is 2.18. The lowest BCUT2D eigenvalue weighted by atomic mass is 9.92. The lowest BCUT2D eigenvalue weighted by molar-refractivity contribution is -0.118. The van der Waals surface area contributed by atoms with Crippen LogP contribution in [0.3, 0.4) is 0 Å². The number of hydrogen-bond donors (Lipinski definition) is 2. The van der Waals surface area contributed by atoms with E-state index in [9.17, 15) is 14.7 Å². The van der Waals surface area contributed by atoms with Gasteiger partial charge in [0.1, 0.15) is 0 Å². The summed E-state index contributed by atoms with van der Waals surface area (Å²) < 4.78 is 1.55. The second-order valence-corrected chi connectivity index (χ2v) is 5.77. The van der Waals surface area contributed by atoms with E-state index in [0.717, 1.165) is 18.5 Å². The highest BCUT2D eigenvalue weighted by Gasteiger charge is 2.27. The average molecular weight is 313 g/mol. The Morgan fingerprint density at radius 2 is 1.91 bits per heavy atom. The van der Waals surface area contributed by atoms with Crippen LogP contribution in [0.2, 0.25) is 0 Å². The monoisotopic (exact) mass is 313 g/mol. The molecule has 2 N–H and O–H groups in total. The van der Waals surface area contributed by atoms with Gasteiger partial charge in [-0.3, -0.25) is 9.59 Å². The maximum Gasteiger partial charge on any atom is 0.292 e. The first-order valence-electron chi connectivity index (χ1n) is 7.78. The normalized spacial score (nSPS) is 20.9. The van der Waals surface area contributed by atoms with Gasteiger partial charge in [-0.2, -0.15) is 5.10 Å². The number of aromatic nitrogens is 2. The van der Waals surface area contributed by atoms with Gasteiger partial charge in [0, 0.05) is 6.20 Å². The van der Waals surface area contributed by atoms with Crippen molar-refractivity contribution in [2.45, 2.75) is 37.8 Å². The van der Waals surface area contributed by atoms with Crippen molar-refractivity contribution in [3.63, 3.8) is 0 Å². The molecule has 2 unspecified atom stereocenters. The number of benzene rings is 1. The van der Waals surface area contributed by atoms with E-state index in [1.807, 2.05) is 30.3 Å². The molecule has 6 nitrogen and oxygen atoms in total. The molecule has 1 fully saturated rings. The zero-order valence-electron chi connectivity index (χ0n) is 12.7. The molecule has 0 radical (unpaired) electrons. The molecule has 2 aromatic rings. The number of nitrogens with zero attached hydrogens (tertiary/aromatic N) is 2. The number of para-hydroxylation sites is 1. The molecule has 1 saturated carbocycles. The summed E-state index contributed by atoms with van der Waals surface area (Å²) in [6, 6.07) is 9.01. The van der Waals surface area contributed by atoms with E-state index >= 15 is 0 Å². The van der Waals surface area contributed by atoms with Gasteiger partial charge in [-0.1, -0.05) is 31.0 Å². The van der Waals surface area contributed by atoms with Crippen LogP contribution in [0.5, 0.6) is 0 Å². The summed E-state index contributed by atoms with van der Waals surface area (Å²) >= 11 is 0. The van der Waals surface area contributed by atoms with Gasteiger partial charge in [-0.25, -0.2) is 4.68 Å².